The Kier molecular flexibility index (Phi) is 9.68. The van der Waals surface area contributed by atoms with Gasteiger partial charge < -0.3 is 29.9 Å². The monoisotopic (exact) mass is 512 g/mol. The Bertz CT molecular complexity index is 1060. The number of benzene rings is 1. The van der Waals surface area contributed by atoms with Crippen molar-refractivity contribution < 1.29 is 19.1 Å². The average molecular weight is 513 g/mol. The van der Waals surface area contributed by atoms with Gasteiger partial charge >= 0.3 is 12.1 Å². The fraction of sp³-hybridized carbons (Fsp3) is 0.556. The number of aromatic nitrogens is 2. The van der Waals surface area contributed by atoms with Crippen LogP contribution in [0.15, 0.2) is 24.3 Å². The minimum atomic E-state index is -0.559. The van der Waals surface area contributed by atoms with Crippen molar-refractivity contribution in [2.75, 3.05) is 49.6 Å². The Balaban J connectivity index is 0.00000186. The minimum absolute atomic E-state index is 0.248. The van der Waals surface area contributed by atoms with E-state index in [0.717, 1.165) is 35.7 Å². The zero-order valence-electron chi connectivity index (χ0n) is 22.9. The zero-order chi connectivity index (χ0) is 27.0. The van der Waals surface area contributed by atoms with Crippen LogP contribution >= 0.6 is 0 Å². The molecule has 2 aliphatic rings. The van der Waals surface area contributed by atoms with Gasteiger partial charge in [-0.25, -0.2) is 19.6 Å². The predicted octanol–water partition coefficient (Wildman–Crippen LogP) is 4.44. The number of nitrogens with one attached hydrogen (secondary N) is 2. The van der Waals surface area contributed by atoms with Gasteiger partial charge in [0, 0.05) is 43.0 Å². The van der Waals surface area contributed by atoms with E-state index in [1.165, 1.54) is 0 Å². The third-order valence-corrected chi connectivity index (χ3v) is 5.74. The van der Waals surface area contributed by atoms with Gasteiger partial charge in [0.1, 0.15) is 11.4 Å². The molecule has 3 amide bonds. The number of amides is 3. The summed E-state index contributed by atoms with van der Waals surface area (Å²) in [5, 5.41) is 5.51. The molecule has 3 heterocycles. The molecular weight excluding hydrogens is 472 g/mol. The molecule has 2 aromatic rings. The van der Waals surface area contributed by atoms with Crippen LogP contribution in [-0.2, 0) is 22.4 Å². The van der Waals surface area contributed by atoms with Crippen molar-refractivity contribution in [1.82, 2.24) is 20.2 Å². The Morgan fingerprint density at radius 2 is 1.73 bits per heavy atom. The van der Waals surface area contributed by atoms with E-state index in [1.54, 1.807) is 4.90 Å². The summed E-state index contributed by atoms with van der Waals surface area (Å²) < 4.78 is 11.1. The van der Waals surface area contributed by atoms with Gasteiger partial charge in [-0.05, 0) is 58.4 Å². The molecule has 0 saturated carbocycles. The molecule has 0 aliphatic carbocycles. The lowest BCUT2D eigenvalue weighted by molar-refractivity contribution is 0.0220. The number of hydrogen-bond donors (Lipinski definition) is 2. The molecule has 2 N–H and O–H groups in total. The molecule has 1 aromatic heterocycles. The van der Waals surface area contributed by atoms with E-state index in [9.17, 15) is 9.59 Å². The first-order chi connectivity index (χ1) is 17.7. The number of anilines is 2. The molecule has 1 saturated heterocycles. The van der Waals surface area contributed by atoms with Gasteiger partial charge in [0.25, 0.3) is 0 Å². The third kappa shape index (κ3) is 7.55. The quantitative estimate of drug-likeness (QED) is 0.623. The Morgan fingerprint density at radius 3 is 2.35 bits per heavy atom. The number of morpholine rings is 1. The fourth-order valence-corrected chi connectivity index (χ4v) is 4.10. The number of carbonyl (C=O) groups is 2. The molecule has 1 aromatic carbocycles. The van der Waals surface area contributed by atoms with Crippen molar-refractivity contribution in [2.24, 2.45) is 0 Å². The van der Waals surface area contributed by atoms with Crippen LogP contribution in [0.1, 0.15) is 52.8 Å². The van der Waals surface area contributed by atoms with E-state index in [2.05, 4.69) is 15.5 Å². The summed E-state index contributed by atoms with van der Waals surface area (Å²) in [6.45, 7) is 15.8. The summed E-state index contributed by atoms with van der Waals surface area (Å²) in [5.74, 6) is 1.49. The maximum absolute atomic E-state index is 12.7. The highest BCUT2D eigenvalue weighted by molar-refractivity contribution is 5.89. The lowest BCUT2D eigenvalue weighted by Crippen LogP contribution is -2.42. The molecule has 0 spiro atoms. The van der Waals surface area contributed by atoms with Crippen molar-refractivity contribution in [2.45, 2.75) is 60.1 Å². The first-order valence-electron chi connectivity index (χ1n) is 13.1. The fourth-order valence-electron chi connectivity index (χ4n) is 4.10. The Labute approximate surface area is 219 Å². The summed E-state index contributed by atoms with van der Waals surface area (Å²) in [5.41, 5.74) is 2.86. The van der Waals surface area contributed by atoms with Gasteiger partial charge in [-0.2, -0.15) is 0 Å². The zero-order valence-corrected chi connectivity index (χ0v) is 22.9. The second-order valence-corrected chi connectivity index (χ2v) is 9.61. The Hall–Kier alpha value is -3.40. The second-order valence-electron chi connectivity index (χ2n) is 9.61. The van der Waals surface area contributed by atoms with E-state index in [4.69, 9.17) is 19.4 Å². The normalized spacial score (nSPS) is 15.2. The SMILES string of the molecule is CC.CCNC(=O)Nc1ccc(-c2nc3c(c(N4CCOCC4)n2)CCN(C(=O)OC(C)(C)C)C3)cc1. The molecule has 202 valence electrons. The minimum Gasteiger partial charge on any atom is -0.444 e. The van der Waals surface area contributed by atoms with Gasteiger partial charge in [0.05, 0.1) is 25.5 Å². The molecular formula is C27H40N6O4. The van der Waals surface area contributed by atoms with Gasteiger partial charge in [0.2, 0.25) is 0 Å². The number of urea groups is 1. The molecule has 0 atom stereocenters. The van der Waals surface area contributed by atoms with E-state index in [1.807, 2.05) is 65.8 Å². The first kappa shape index (κ1) is 28.2. The summed E-state index contributed by atoms with van der Waals surface area (Å²) in [6, 6.07) is 7.19. The molecule has 10 heteroatoms. The highest BCUT2D eigenvalue weighted by atomic mass is 16.6. The van der Waals surface area contributed by atoms with Gasteiger partial charge in [-0.3, -0.25) is 0 Å². The number of nitrogens with zero attached hydrogens (tertiary/aromatic N) is 4. The number of hydrogen-bond acceptors (Lipinski definition) is 7. The van der Waals surface area contributed by atoms with E-state index in [-0.39, 0.29) is 12.1 Å². The number of fused-ring (bicyclic) bond motifs is 1. The van der Waals surface area contributed by atoms with Crippen LogP contribution in [-0.4, -0.2) is 72.0 Å². The van der Waals surface area contributed by atoms with E-state index < -0.39 is 5.60 Å². The molecule has 2 aliphatic heterocycles. The number of rotatable bonds is 4. The third-order valence-electron chi connectivity index (χ3n) is 5.74. The van der Waals surface area contributed by atoms with Crippen molar-refractivity contribution in [1.29, 1.82) is 0 Å². The van der Waals surface area contributed by atoms with Crippen LogP contribution in [0.25, 0.3) is 11.4 Å². The lowest BCUT2D eigenvalue weighted by atomic mass is 10.0. The van der Waals surface area contributed by atoms with Gasteiger partial charge in [-0.1, -0.05) is 13.8 Å². The molecule has 0 bridgehead atoms. The topological polar surface area (TPSA) is 109 Å². The highest BCUT2D eigenvalue weighted by Gasteiger charge is 2.30. The van der Waals surface area contributed by atoms with E-state index in [0.29, 0.717) is 50.8 Å². The summed E-state index contributed by atoms with van der Waals surface area (Å²) >= 11 is 0. The van der Waals surface area contributed by atoms with Crippen LogP contribution < -0.4 is 15.5 Å². The largest absolute Gasteiger partial charge is 0.444 e. The first-order valence-corrected chi connectivity index (χ1v) is 13.1. The Morgan fingerprint density at radius 1 is 1.05 bits per heavy atom. The molecule has 37 heavy (non-hydrogen) atoms. The average Bonchev–Trinajstić information content (AvgIpc) is 2.89. The van der Waals surface area contributed by atoms with Crippen molar-refractivity contribution in [3.63, 3.8) is 0 Å². The standard InChI is InChI=1S/C25H34N6O4.C2H6/c1-5-26-23(32)27-18-8-6-17(7-9-18)21-28-20-16-31(24(33)35-25(2,3)4)11-10-19(20)22(29-21)30-12-14-34-15-13-30;1-2/h6-9H,5,10-16H2,1-4H3,(H2,26,27,32);1-2H3. The number of carbonyl (C=O) groups excluding carboxylic acids is 2. The molecule has 4 rings (SSSR count). The van der Waals surface area contributed by atoms with Crippen molar-refractivity contribution >= 4 is 23.6 Å². The van der Waals surface area contributed by atoms with E-state index >= 15 is 0 Å². The molecule has 1 fully saturated rings. The van der Waals surface area contributed by atoms with Crippen LogP contribution in [0.4, 0.5) is 21.1 Å². The van der Waals surface area contributed by atoms with Crippen LogP contribution in [0.5, 0.6) is 0 Å². The summed E-state index contributed by atoms with van der Waals surface area (Å²) in [7, 11) is 0. The van der Waals surface area contributed by atoms with Crippen LogP contribution in [0, 0.1) is 0 Å². The predicted molar refractivity (Wildman–Crippen MR) is 145 cm³/mol. The lowest BCUT2D eigenvalue weighted by Gasteiger charge is -2.34. The van der Waals surface area contributed by atoms with Gasteiger partial charge in [0.15, 0.2) is 5.82 Å². The highest BCUT2D eigenvalue weighted by Crippen LogP contribution is 2.31. The summed E-state index contributed by atoms with van der Waals surface area (Å²) in [6.07, 6.45) is 0.328. The van der Waals surface area contributed by atoms with Crippen LogP contribution in [0.3, 0.4) is 0 Å². The van der Waals surface area contributed by atoms with Crippen molar-refractivity contribution in [3.05, 3.63) is 35.5 Å². The molecule has 0 unspecified atom stereocenters. The summed E-state index contributed by atoms with van der Waals surface area (Å²) in [4.78, 5) is 38.3. The maximum atomic E-state index is 12.7. The molecule has 0 radical (unpaired) electrons. The smallest absolute Gasteiger partial charge is 0.410 e. The second kappa shape index (κ2) is 12.7. The van der Waals surface area contributed by atoms with Crippen molar-refractivity contribution in [3.8, 4) is 11.4 Å². The number of ether oxygens (including phenoxy) is 2. The van der Waals surface area contributed by atoms with Gasteiger partial charge in [-0.15, -0.1) is 0 Å². The van der Waals surface area contributed by atoms with Crippen LogP contribution in [0.2, 0.25) is 0 Å². The molecule has 10 nitrogen and oxygen atoms in total. The maximum Gasteiger partial charge on any atom is 0.410 e.